The molecule has 1 nitrogen and oxygen atoms in total. The van der Waals surface area contributed by atoms with Gasteiger partial charge in [-0.05, 0) is 52.9 Å². The van der Waals surface area contributed by atoms with Gasteiger partial charge in [0.05, 0.1) is 0 Å². The van der Waals surface area contributed by atoms with Crippen molar-refractivity contribution in [3.63, 3.8) is 0 Å². The molecule has 3 aromatic rings. The summed E-state index contributed by atoms with van der Waals surface area (Å²) in [5.74, 6) is 0. The van der Waals surface area contributed by atoms with Crippen LogP contribution in [0.25, 0.3) is 9.40 Å². The maximum absolute atomic E-state index is 3.61. The van der Waals surface area contributed by atoms with Crippen LogP contribution in [-0.4, -0.2) is 6.54 Å². The topological polar surface area (TPSA) is 12.0 Å². The van der Waals surface area contributed by atoms with E-state index >= 15 is 0 Å². The molecule has 3 rings (SSSR count). The Balaban J connectivity index is 1.86. The molecule has 0 saturated carbocycles. The van der Waals surface area contributed by atoms with Crippen LogP contribution in [0.15, 0.2) is 34.3 Å². The summed E-state index contributed by atoms with van der Waals surface area (Å²) in [6.07, 6.45) is 1.09. The second kappa shape index (κ2) is 5.53. The van der Waals surface area contributed by atoms with Gasteiger partial charge in [-0.15, -0.1) is 22.7 Å². The normalized spacial score (nSPS) is 13.2. The zero-order chi connectivity index (χ0) is 12.4. The van der Waals surface area contributed by atoms with Crippen LogP contribution < -0.4 is 5.32 Å². The van der Waals surface area contributed by atoms with Crippen LogP contribution in [0.5, 0.6) is 0 Å². The molecule has 1 N–H and O–H groups in total. The Morgan fingerprint density at radius 2 is 2.17 bits per heavy atom. The van der Waals surface area contributed by atoms with E-state index in [0.717, 1.165) is 13.0 Å². The van der Waals surface area contributed by atoms with Gasteiger partial charge < -0.3 is 5.32 Å². The molecule has 94 valence electrons. The molecule has 3 heterocycles. The van der Waals surface area contributed by atoms with Crippen LogP contribution in [0.1, 0.15) is 23.4 Å². The van der Waals surface area contributed by atoms with Crippen LogP contribution in [0.2, 0.25) is 0 Å². The Kier molecular flexibility index (Phi) is 3.80. The lowest BCUT2D eigenvalue weighted by Gasteiger charge is -2.15. The van der Waals surface area contributed by atoms with Gasteiger partial charge in [0.2, 0.25) is 0 Å². The van der Waals surface area contributed by atoms with Gasteiger partial charge >= 0.3 is 0 Å². The second-order valence-electron chi connectivity index (χ2n) is 4.24. The summed E-state index contributed by atoms with van der Waals surface area (Å²) in [5.41, 5.74) is 1.43. The number of hydrogen-bond donors (Lipinski definition) is 1. The van der Waals surface area contributed by atoms with Crippen molar-refractivity contribution in [2.45, 2.75) is 19.4 Å². The van der Waals surface area contributed by atoms with E-state index in [9.17, 15) is 0 Å². The van der Waals surface area contributed by atoms with E-state index in [4.69, 9.17) is 0 Å². The van der Waals surface area contributed by atoms with Gasteiger partial charge in [-0.3, -0.25) is 0 Å². The summed E-state index contributed by atoms with van der Waals surface area (Å²) in [4.78, 5) is 1.46. The molecule has 0 spiro atoms. The highest BCUT2D eigenvalue weighted by molar-refractivity contribution is 7.26. The van der Waals surface area contributed by atoms with Crippen LogP contribution in [0, 0.1) is 0 Å². The van der Waals surface area contributed by atoms with E-state index in [1.54, 1.807) is 11.3 Å². The largest absolute Gasteiger partial charge is 0.309 e. The van der Waals surface area contributed by atoms with Gasteiger partial charge in [0.15, 0.2) is 0 Å². The standard InChI is InChI=1S/C14H15NS3/c1-2-15-11(7-10-3-5-16-9-10)13-8-14-12(18-13)4-6-17-14/h3-6,8-9,11,15H,2,7H2,1H3. The summed E-state index contributed by atoms with van der Waals surface area (Å²) in [6.45, 7) is 3.19. The molecule has 4 heteroatoms. The zero-order valence-corrected chi connectivity index (χ0v) is 12.6. The summed E-state index contributed by atoms with van der Waals surface area (Å²) in [6, 6.07) is 7.26. The van der Waals surface area contributed by atoms with Crippen molar-refractivity contribution in [1.82, 2.24) is 5.32 Å². The number of thiophene rings is 3. The van der Waals surface area contributed by atoms with Gasteiger partial charge in [0.25, 0.3) is 0 Å². The lowest BCUT2D eigenvalue weighted by molar-refractivity contribution is 0.559. The minimum Gasteiger partial charge on any atom is -0.309 e. The fourth-order valence-corrected chi connectivity index (χ4v) is 5.00. The molecule has 1 atom stereocenters. The molecule has 0 amide bonds. The molecule has 0 aliphatic carbocycles. The minimum absolute atomic E-state index is 0.453. The van der Waals surface area contributed by atoms with Gasteiger partial charge in [-0.25, -0.2) is 0 Å². The van der Waals surface area contributed by atoms with Gasteiger partial charge in [-0.2, -0.15) is 11.3 Å². The summed E-state index contributed by atoms with van der Waals surface area (Å²) >= 11 is 5.54. The lowest BCUT2D eigenvalue weighted by atomic mass is 10.1. The van der Waals surface area contributed by atoms with E-state index in [1.165, 1.54) is 19.8 Å². The van der Waals surface area contributed by atoms with Crippen LogP contribution >= 0.6 is 34.0 Å². The first kappa shape index (κ1) is 12.4. The van der Waals surface area contributed by atoms with Crippen LogP contribution in [0.3, 0.4) is 0 Å². The first-order chi connectivity index (χ1) is 8.86. The van der Waals surface area contributed by atoms with Crippen molar-refractivity contribution >= 4 is 43.4 Å². The highest BCUT2D eigenvalue weighted by atomic mass is 32.1. The van der Waals surface area contributed by atoms with E-state index < -0.39 is 0 Å². The molecule has 0 bridgehead atoms. The van der Waals surface area contributed by atoms with Crippen molar-refractivity contribution in [2.24, 2.45) is 0 Å². The second-order valence-corrected chi connectivity index (χ2v) is 7.09. The monoisotopic (exact) mass is 293 g/mol. The summed E-state index contributed by atoms with van der Waals surface area (Å²) in [7, 11) is 0. The molecule has 0 radical (unpaired) electrons. The Morgan fingerprint density at radius 3 is 2.89 bits per heavy atom. The average Bonchev–Trinajstić information content (AvgIpc) is 3.04. The molecule has 3 aromatic heterocycles. The van der Waals surface area contributed by atoms with Crippen LogP contribution in [-0.2, 0) is 6.42 Å². The number of hydrogen-bond acceptors (Lipinski definition) is 4. The third kappa shape index (κ3) is 2.52. The molecular weight excluding hydrogens is 278 g/mol. The van der Waals surface area contributed by atoms with Gasteiger partial charge in [-0.1, -0.05) is 6.92 Å². The molecule has 1 unspecified atom stereocenters. The zero-order valence-electron chi connectivity index (χ0n) is 10.2. The molecule has 0 fully saturated rings. The molecule has 0 aliphatic heterocycles. The molecular formula is C14H15NS3. The number of nitrogens with one attached hydrogen (secondary N) is 1. The predicted molar refractivity (Wildman–Crippen MR) is 84.1 cm³/mol. The molecule has 0 aromatic carbocycles. The maximum atomic E-state index is 3.61. The van der Waals surface area contributed by atoms with E-state index in [2.05, 4.69) is 46.6 Å². The predicted octanol–water partition coefficient (Wildman–Crippen LogP) is 4.92. The van der Waals surface area contributed by atoms with Gasteiger partial charge in [0, 0.05) is 20.3 Å². The van der Waals surface area contributed by atoms with Crippen molar-refractivity contribution in [1.29, 1.82) is 0 Å². The first-order valence-electron chi connectivity index (χ1n) is 6.08. The van der Waals surface area contributed by atoms with E-state index in [-0.39, 0.29) is 0 Å². The minimum atomic E-state index is 0.453. The highest BCUT2D eigenvalue weighted by Gasteiger charge is 2.15. The quantitative estimate of drug-likeness (QED) is 0.704. The van der Waals surface area contributed by atoms with Gasteiger partial charge in [0.1, 0.15) is 0 Å². The smallest absolute Gasteiger partial charge is 0.0456 e. The fourth-order valence-electron chi connectivity index (χ4n) is 2.12. The lowest BCUT2D eigenvalue weighted by Crippen LogP contribution is -2.21. The Morgan fingerprint density at radius 1 is 1.22 bits per heavy atom. The molecule has 0 aliphatic rings. The fraction of sp³-hybridized carbons (Fsp3) is 0.286. The van der Waals surface area contributed by atoms with E-state index in [0.29, 0.717) is 6.04 Å². The maximum Gasteiger partial charge on any atom is 0.0456 e. The number of fused-ring (bicyclic) bond motifs is 1. The Bertz CT molecular complexity index is 577. The third-order valence-corrected chi connectivity index (χ3v) is 5.91. The first-order valence-corrected chi connectivity index (χ1v) is 8.72. The summed E-state index contributed by atoms with van der Waals surface area (Å²) in [5, 5.41) is 10.2. The van der Waals surface area contributed by atoms with Crippen LogP contribution in [0.4, 0.5) is 0 Å². The van der Waals surface area contributed by atoms with E-state index in [1.807, 2.05) is 22.7 Å². The Hall–Kier alpha value is -0.680. The highest BCUT2D eigenvalue weighted by Crippen LogP contribution is 2.34. The summed E-state index contributed by atoms with van der Waals surface area (Å²) < 4.78 is 2.84. The van der Waals surface area contributed by atoms with Crippen molar-refractivity contribution in [3.05, 3.63) is 44.8 Å². The Labute approximate surface area is 119 Å². The average molecular weight is 293 g/mol. The molecule has 18 heavy (non-hydrogen) atoms. The van der Waals surface area contributed by atoms with Crippen molar-refractivity contribution < 1.29 is 0 Å². The van der Waals surface area contributed by atoms with Crippen molar-refractivity contribution in [3.8, 4) is 0 Å². The van der Waals surface area contributed by atoms with Crippen molar-refractivity contribution in [2.75, 3.05) is 6.54 Å². The number of likely N-dealkylation sites (N-methyl/N-ethyl adjacent to an activating group) is 1. The third-order valence-electron chi connectivity index (χ3n) is 2.97. The molecule has 0 saturated heterocycles. The number of rotatable bonds is 5. The SMILES string of the molecule is CCNC(Cc1ccsc1)c1cc2sccc2s1.